The maximum absolute atomic E-state index is 12.1. The van der Waals surface area contributed by atoms with Gasteiger partial charge in [-0.3, -0.25) is 9.59 Å². The standard InChI is InChI=1S/C16H12N6O2S/c23-15-6-3-10(8-17-15)16(24)18-9-14-20-19-13-5-4-11(21-22(13)14)12-2-1-7-25-12/h1-8H,9H2,(H,17,23)(H,18,24). The lowest BCUT2D eigenvalue weighted by molar-refractivity contribution is 0.0949. The lowest BCUT2D eigenvalue weighted by Gasteiger charge is -2.04. The van der Waals surface area contributed by atoms with Gasteiger partial charge in [-0.1, -0.05) is 6.07 Å². The zero-order valence-corrected chi connectivity index (χ0v) is 13.7. The molecule has 8 nitrogen and oxygen atoms in total. The number of H-pyrrole nitrogens is 1. The Bertz CT molecular complexity index is 1080. The Morgan fingerprint density at radius 3 is 2.88 bits per heavy atom. The quantitative estimate of drug-likeness (QED) is 0.579. The smallest absolute Gasteiger partial charge is 0.253 e. The fourth-order valence-corrected chi connectivity index (χ4v) is 3.00. The molecule has 0 fully saturated rings. The number of thiophene rings is 1. The lowest BCUT2D eigenvalue weighted by atomic mass is 10.2. The number of amides is 1. The van der Waals surface area contributed by atoms with E-state index in [1.165, 1.54) is 18.3 Å². The zero-order valence-electron chi connectivity index (χ0n) is 12.8. The van der Waals surface area contributed by atoms with Crippen LogP contribution in [0.3, 0.4) is 0 Å². The average Bonchev–Trinajstić information content (AvgIpc) is 3.30. The van der Waals surface area contributed by atoms with Gasteiger partial charge in [0.15, 0.2) is 11.5 Å². The van der Waals surface area contributed by atoms with Crippen molar-refractivity contribution in [3.63, 3.8) is 0 Å². The molecule has 25 heavy (non-hydrogen) atoms. The van der Waals surface area contributed by atoms with Gasteiger partial charge in [-0.05, 0) is 29.6 Å². The summed E-state index contributed by atoms with van der Waals surface area (Å²) in [4.78, 5) is 26.7. The van der Waals surface area contributed by atoms with Crippen LogP contribution in [0.2, 0.25) is 0 Å². The van der Waals surface area contributed by atoms with E-state index in [0.717, 1.165) is 10.6 Å². The minimum atomic E-state index is -0.317. The molecule has 0 aliphatic heterocycles. The molecule has 0 aliphatic carbocycles. The number of hydrogen-bond acceptors (Lipinski definition) is 6. The van der Waals surface area contributed by atoms with Crippen LogP contribution in [0.5, 0.6) is 0 Å². The largest absolute Gasteiger partial charge is 0.345 e. The maximum Gasteiger partial charge on any atom is 0.253 e. The number of rotatable bonds is 4. The molecule has 0 atom stereocenters. The summed E-state index contributed by atoms with van der Waals surface area (Å²) in [6, 6.07) is 10.4. The van der Waals surface area contributed by atoms with Crippen molar-refractivity contribution >= 4 is 22.9 Å². The Labute approximate surface area is 145 Å². The fourth-order valence-electron chi connectivity index (χ4n) is 2.31. The van der Waals surface area contributed by atoms with Crippen LogP contribution in [0.25, 0.3) is 16.2 Å². The van der Waals surface area contributed by atoms with Gasteiger partial charge in [-0.15, -0.1) is 21.5 Å². The van der Waals surface area contributed by atoms with Crippen molar-refractivity contribution in [3.05, 3.63) is 69.7 Å². The third-order valence-electron chi connectivity index (χ3n) is 3.55. The molecule has 0 aromatic carbocycles. The van der Waals surface area contributed by atoms with Crippen LogP contribution in [0.15, 0.2) is 52.8 Å². The van der Waals surface area contributed by atoms with Crippen molar-refractivity contribution in [2.75, 3.05) is 0 Å². The van der Waals surface area contributed by atoms with Crippen LogP contribution in [-0.2, 0) is 6.54 Å². The van der Waals surface area contributed by atoms with Gasteiger partial charge in [0.2, 0.25) is 5.56 Å². The highest BCUT2D eigenvalue weighted by molar-refractivity contribution is 7.13. The number of nitrogens with one attached hydrogen (secondary N) is 2. The summed E-state index contributed by atoms with van der Waals surface area (Å²) in [6.45, 7) is 0.167. The predicted octanol–water partition coefficient (Wildman–Crippen LogP) is 1.47. The van der Waals surface area contributed by atoms with Crippen molar-refractivity contribution < 1.29 is 4.79 Å². The van der Waals surface area contributed by atoms with Crippen LogP contribution < -0.4 is 10.9 Å². The molecule has 0 aliphatic rings. The molecular formula is C16H12N6O2S. The second kappa shape index (κ2) is 6.29. The average molecular weight is 352 g/mol. The van der Waals surface area contributed by atoms with E-state index in [1.807, 2.05) is 29.6 Å². The SMILES string of the molecule is O=C(NCc1nnc2ccc(-c3cccs3)nn12)c1ccc(=O)[nH]c1. The highest BCUT2D eigenvalue weighted by Gasteiger charge is 2.11. The van der Waals surface area contributed by atoms with E-state index in [0.29, 0.717) is 17.0 Å². The van der Waals surface area contributed by atoms with Crippen LogP contribution in [-0.4, -0.2) is 30.7 Å². The normalized spacial score (nSPS) is 10.9. The Morgan fingerprint density at radius 1 is 1.20 bits per heavy atom. The summed E-state index contributed by atoms with van der Waals surface area (Å²) in [5.74, 6) is 0.202. The first-order valence-electron chi connectivity index (χ1n) is 7.43. The summed E-state index contributed by atoms with van der Waals surface area (Å²) >= 11 is 1.59. The van der Waals surface area contributed by atoms with Crippen molar-refractivity contribution in [1.29, 1.82) is 0 Å². The third kappa shape index (κ3) is 3.04. The van der Waals surface area contributed by atoms with Gasteiger partial charge in [0.05, 0.1) is 17.0 Å². The number of hydrogen-bond donors (Lipinski definition) is 2. The molecule has 0 unspecified atom stereocenters. The van der Waals surface area contributed by atoms with Crippen LogP contribution >= 0.6 is 11.3 Å². The molecule has 4 rings (SSSR count). The first kappa shape index (κ1) is 15.2. The van der Waals surface area contributed by atoms with E-state index < -0.39 is 0 Å². The topological polar surface area (TPSA) is 105 Å². The number of pyridine rings is 1. The fraction of sp³-hybridized carbons (Fsp3) is 0.0625. The Kier molecular flexibility index (Phi) is 3.82. The second-order valence-corrected chi connectivity index (χ2v) is 6.15. The zero-order chi connectivity index (χ0) is 17.2. The number of nitrogens with zero attached hydrogens (tertiary/aromatic N) is 4. The van der Waals surface area contributed by atoms with Gasteiger partial charge < -0.3 is 10.3 Å². The van der Waals surface area contributed by atoms with Gasteiger partial charge in [-0.2, -0.15) is 9.61 Å². The number of carbonyl (C=O) groups is 1. The van der Waals surface area contributed by atoms with Gasteiger partial charge >= 0.3 is 0 Å². The van der Waals surface area contributed by atoms with E-state index in [2.05, 4.69) is 25.6 Å². The lowest BCUT2D eigenvalue weighted by Crippen LogP contribution is -2.25. The van der Waals surface area contributed by atoms with Crippen LogP contribution in [0.4, 0.5) is 0 Å². The molecule has 0 saturated carbocycles. The molecule has 4 aromatic heterocycles. The van der Waals surface area contributed by atoms with E-state index in [1.54, 1.807) is 15.9 Å². The van der Waals surface area contributed by atoms with E-state index >= 15 is 0 Å². The van der Waals surface area contributed by atoms with Crippen LogP contribution in [0.1, 0.15) is 16.2 Å². The molecule has 0 radical (unpaired) electrons. The minimum absolute atomic E-state index is 0.167. The molecule has 0 saturated heterocycles. The summed E-state index contributed by atoms with van der Waals surface area (Å²) < 4.78 is 1.61. The number of aromatic amines is 1. The molecule has 124 valence electrons. The summed E-state index contributed by atoms with van der Waals surface area (Å²) in [5, 5.41) is 17.4. The van der Waals surface area contributed by atoms with Gasteiger partial charge in [-0.25, -0.2) is 0 Å². The molecule has 4 aromatic rings. The van der Waals surface area contributed by atoms with Crippen molar-refractivity contribution in [2.45, 2.75) is 6.54 Å². The molecule has 1 amide bonds. The van der Waals surface area contributed by atoms with Crippen LogP contribution in [0, 0.1) is 0 Å². The van der Waals surface area contributed by atoms with E-state index in [-0.39, 0.29) is 18.0 Å². The van der Waals surface area contributed by atoms with Crippen molar-refractivity contribution in [1.82, 2.24) is 30.1 Å². The molecule has 4 heterocycles. The molecule has 9 heteroatoms. The highest BCUT2D eigenvalue weighted by atomic mass is 32.1. The minimum Gasteiger partial charge on any atom is -0.345 e. The molecule has 0 spiro atoms. The number of aromatic nitrogens is 5. The van der Waals surface area contributed by atoms with E-state index in [9.17, 15) is 9.59 Å². The molecular weight excluding hydrogens is 340 g/mol. The number of carbonyl (C=O) groups excluding carboxylic acids is 1. The number of fused-ring (bicyclic) bond motifs is 1. The predicted molar refractivity (Wildman–Crippen MR) is 92.3 cm³/mol. The van der Waals surface area contributed by atoms with Gasteiger partial charge in [0.25, 0.3) is 5.91 Å². The molecule has 2 N–H and O–H groups in total. The first-order chi connectivity index (χ1) is 12.2. The van der Waals surface area contributed by atoms with Crippen molar-refractivity contribution in [2.24, 2.45) is 0 Å². The Hall–Kier alpha value is -3.33. The Morgan fingerprint density at radius 2 is 2.12 bits per heavy atom. The Balaban J connectivity index is 1.57. The summed E-state index contributed by atoms with van der Waals surface area (Å²) in [6.07, 6.45) is 1.37. The summed E-state index contributed by atoms with van der Waals surface area (Å²) in [5.41, 5.74) is 1.52. The van der Waals surface area contributed by atoms with E-state index in [4.69, 9.17) is 0 Å². The highest BCUT2D eigenvalue weighted by Crippen LogP contribution is 2.22. The molecule has 0 bridgehead atoms. The monoisotopic (exact) mass is 352 g/mol. The third-order valence-corrected chi connectivity index (χ3v) is 4.45. The second-order valence-electron chi connectivity index (χ2n) is 5.21. The summed E-state index contributed by atoms with van der Waals surface area (Å²) in [7, 11) is 0. The van der Waals surface area contributed by atoms with Gasteiger partial charge in [0.1, 0.15) is 5.69 Å². The van der Waals surface area contributed by atoms with Gasteiger partial charge in [0, 0.05) is 12.3 Å². The first-order valence-corrected chi connectivity index (χ1v) is 8.31. The van der Waals surface area contributed by atoms with Crippen molar-refractivity contribution in [3.8, 4) is 10.6 Å². The maximum atomic E-state index is 12.1.